The Labute approximate surface area is 97.4 Å². The van der Waals surface area contributed by atoms with Crippen molar-refractivity contribution in [2.24, 2.45) is 5.14 Å². The number of halogens is 1. The number of carboxylic acid groups (broad SMARTS) is 1. The van der Waals surface area contributed by atoms with E-state index in [1.54, 1.807) is 0 Å². The molecule has 88 valence electrons. The summed E-state index contributed by atoms with van der Waals surface area (Å²) in [6, 6.07) is 5.75. The first-order chi connectivity index (χ1) is 7.30. The highest BCUT2D eigenvalue weighted by molar-refractivity contribution is 7.90. The SMILES string of the molecule is NS(=O)(=O)N(CC(=O)O)c1cccc(Cl)c1. The lowest BCUT2D eigenvalue weighted by Gasteiger charge is -2.19. The van der Waals surface area contributed by atoms with Crippen molar-refractivity contribution in [3.63, 3.8) is 0 Å². The average molecular weight is 265 g/mol. The summed E-state index contributed by atoms with van der Waals surface area (Å²) in [4.78, 5) is 10.5. The lowest BCUT2D eigenvalue weighted by atomic mass is 10.3. The van der Waals surface area contributed by atoms with Crippen LogP contribution < -0.4 is 9.44 Å². The van der Waals surface area contributed by atoms with Crippen molar-refractivity contribution in [2.45, 2.75) is 0 Å². The summed E-state index contributed by atoms with van der Waals surface area (Å²) >= 11 is 5.67. The van der Waals surface area contributed by atoms with Gasteiger partial charge in [-0.1, -0.05) is 17.7 Å². The maximum absolute atomic E-state index is 11.2. The number of anilines is 1. The van der Waals surface area contributed by atoms with Gasteiger partial charge in [0.1, 0.15) is 6.54 Å². The lowest BCUT2D eigenvalue weighted by molar-refractivity contribution is -0.135. The second kappa shape index (κ2) is 4.69. The molecule has 0 bridgehead atoms. The third kappa shape index (κ3) is 3.37. The van der Waals surface area contributed by atoms with Gasteiger partial charge in [-0.2, -0.15) is 8.42 Å². The van der Waals surface area contributed by atoms with E-state index < -0.39 is 22.7 Å². The zero-order chi connectivity index (χ0) is 12.3. The number of carbonyl (C=O) groups is 1. The highest BCUT2D eigenvalue weighted by Crippen LogP contribution is 2.20. The van der Waals surface area contributed by atoms with Gasteiger partial charge < -0.3 is 5.11 Å². The van der Waals surface area contributed by atoms with Crippen LogP contribution in [0.4, 0.5) is 5.69 Å². The molecule has 1 aromatic rings. The standard InChI is InChI=1S/C8H9ClN2O4S/c9-6-2-1-3-7(4-6)11(5-8(12)13)16(10,14)15/h1-4H,5H2,(H,12,13)(H2,10,14,15). The van der Waals surface area contributed by atoms with Gasteiger partial charge in [-0.25, -0.2) is 9.44 Å². The predicted octanol–water partition coefficient (Wildman–Crippen LogP) is 0.435. The highest BCUT2D eigenvalue weighted by atomic mass is 35.5. The minimum Gasteiger partial charge on any atom is -0.480 e. The first-order valence-electron chi connectivity index (χ1n) is 4.08. The van der Waals surface area contributed by atoms with Crippen molar-refractivity contribution >= 4 is 33.5 Å². The van der Waals surface area contributed by atoms with Crippen LogP contribution in [0.2, 0.25) is 5.02 Å². The average Bonchev–Trinajstić information content (AvgIpc) is 2.12. The highest BCUT2D eigenvalue weighted by Gasteiger charge is 2.20. The van der Waals surface area contributed by atoms with E-state index in [-0.39, 0.29) is 10.7 Å². The van der Waals surface area contributed by atoms with E-state index in [0.29, 0.717) is 4.31 Å². The van der Waals surface area contributed by atoms with Crippen molar-refractivity contribution in [3.05, 3.63) is 29.3 Å². The smallest absolute Gasteiger partial charge is 0.324 e. The number of nitrogens with zero attached hydrogens (tertiary/aromatic N) is 1. The van der Waals surface area contributed by atoms with E-state index >= 15 is 0 Å². The number of nitrogens with two attached hydrogens (primary N) is 1. The molecular weight excluding hydrogens is 256 g/mol. The second-order valence-electron chi connectivity index (χ2n) is 2.93. The molecule has 8 heteroatoms. The number of hydrogen-bond donors (Lipinski definition) is 2. The Kier molecular flexibility index (Phi) is 3.74. The molecule has 1 rings (SSSR count). The first kappa shape index (κ1) is 12.8. The zero-order valence-corrected chi connectivity index (χ0v) is 9.57. The van der Waals surface area contributed by atoms with Crippen LogP contribution in [0.5, 0.6) is 0 Å². The predicted molar refractivity (Wildman–Crippen MR) is 59.5 cm³/mol. The normalized spacial score (nSPS) is 11.1. The summed E-state index contributed by atoms with van der Waals surface area (Å²) in [5.41, 5.74) is 0.109. The molecule has 0 saturated carbocycles. The Balaban J connectivity index is 3.16. The molecule has 0 fully saturated rings. The molecule has 0 aliphatic rings. The van der Waals surface area contributed by atoms with E-state index in [2.05, 4.69) is 0 Å². The Morgan fingerprint density at radius 1 is 1.50 bits per heavy atom. The largest absolute Gasteiger partial charge is 0.480 e. The number of carboxylic acids is 1. The van der Waals surface area contributed by atoms with E-state index in [1.165, 1.54) is 24.3 Å². The van der Waals surface area contributed by atoms with E-state index in [4.69, 9.17) is 21.8 Å². The van der Waals surface area contributed by atoms with Gasteiger partial charge in [-0.3, -0.25) is 4.79 Å². The first-order valence-corrected chi connectivity index (χ1v) is 5.96. The molecule has 0 amide bonds. The number of rotatable bonds is 4. The van der Waals surface area contributed by atoms with Gasteiger partial charge in [0.2, 0.25) is 0 Å². The van der Waals surface area contributed by atoms with Gasteiger partial charge in [0.25, 0.3) is 10.2 Å². The Morgan fingerprint density at radius 2 is 2.12 bits per heavy atom. The van der Waals surface area contributed by atoms with Crippen molar-refractivity contribution < 1.29 is 18.3 Å². The molecule has 0 heterocycles. The van der Waals surface area contributed by atoms with Crippen LogP contribution in [0.1, 0.15) is 0 Å². The third-order valence-corrected chi connectivity index (χ3v) is 2.87. The molecule has 16 heavy (non-hydrogen) atoms. The quantitative estimate of drug-likeness (QED) is 0.824. The maximum atomic E-state index is 11.2. The Morgan fingerprint density at radius 3 is 2.56 bits per heavy atom. The third-order valence-electron chi connectivity index (χ3n) is 1.68. The Hall–Kier alpha value is -1.31. The van der Waals surface area contributed by atoms with Gasteiger partial charge in [0, 0.05) is 5.02 Å². The molecule has 0 radical (unpaired) electrons. The van der Waals surface area contributed by atoms with Crippen molar-refractivity contribution in [2.75, 3.05) is 10.8 Å². The summed E-state index contributed by atoms with van der Waals surface area (Å²) in [7, 11) is -4.14. The van der Waals surface area contributed by atoms with Crippen molar-refractivity contribution in [1.29, 1.82) is 0 Å². The van der Waals surface area contributed by atoms with E-state index in [0.717, 1.165) is 0 Å². The maximum Gasteiger partial charge on any atom is 0.324 e. The molecule has 0 spiro atoms. The van der Waals surface area contributed by atoms with Gasteiger partial charge in [-0.05, 0) is 18.2 Å². The van der Waals surface area contributed by atoms with Gasteiger partial charge in [0.15, 0.2) is 0 Å². The van der Waals surface area contributed by atoms with Gasteiger partial charge in [0.05, 0.1) is 5.69 Å². The molecular formula is C8H9ClN2O4S. The summed E-state index contributed by atoms with van der Waals surface area (Å²) in [6.07, 6.45) is 0. The van der Waals surface area contributed by atoms with Crippen LogP contribution in [-0.4, -0.2) is 26.0 Å². The fourth-order valence-electron chi connectivity index (χ4n) is 1.08. The van der Waals surface area contributed by atoms with E-state index in [9.17, 15) is 13.2 Å². The van der Waals surface area contributed by atoms with Crippen LogP contribution in [0.25, 0.3) is 0 Å². The minimum absolute atomic E-state index is 0.109. The number of benzene rings is 1. The lowest BCUT2D eigenvalue weighted by Crippen LogP contribution is -2.40. The van der Waals surface area contributed by atoms with E-state index in [1.807, 2.05) is 0 Å². The topological polar surface area (TPSA) is 101 Å². The number of hydrogen-bond acceptors (Lipinski definition) is 3. The van der Waals surface area contributed by atoms with Crippen LogP contribution in [0.3, 0.4) is 0 Å². The minimum atomic E-state index is -4.14. The van der Waals surface area contributed by atoms with Crippen LogP contribution in [0.15, 0.2) is 24.3 Å². The van der Waals surface area contributed by atoms with Crippen LogP contribution in [-0.2, 0) is 15.0 Å². The van der Waals surface area contributed by atoms with Crippen LogP contribution in [0, 0.1) is 0 Å². The summed E-state index contributed by atoms with van der Waals surface area (Å²) in [5, 5.41) is 13.8. The van der Waals surface area contributed by atoms with Gasteiger partial charge in [-0.15, -0.1) is 0 Å². The molecule has 0 saturated heterocycles. The second-order valence-corrected chi connectivity index (χ2v) is 4.83. The molecule has 0 aliphatic carbocycles. The summed E-state index contributed by atoms with van der Waals surface area (Å²) in [6.45, 7) is -0.751. The fraction of sp³-hybridized carbons (Fsp3) is 0.125. The molecule has 1 aromatic carbocycles. The van der Waals surface area contributed by atoms with Crippen molar-refractivity contribution in [3.8, 4) is 0 Å². The molecule has 0 unspecified atom stereocenters. The van der Waals surface area contributed by atoms with Gasteiger partial charge >= 0.3 is 5.97 Å². The number of aliphatic carboxylic acids is 1. The van der Waals surface area contributed by atoms with Crippen LogP contribution >= 0.6 is 11.6 Å². The molecule has 0 aromatic heterocycles. The fourth-order valence-corrected chi connectivity index (χ4v) is 1.96. The molecule has 0 aliphatic heterocycles. The monoisotopic (exact) mass is 264 g/mol. The summed E-state index contributed by atoms with van der Waals surface area (Å²) < 4.78 is 22.9. The Bertz CT molecular complexity index is 503. The molecule has 6 nitrogen and oxygen atoms in total. The molecule has 0 atom stereocenters. The zero-order valence-electron chi connectivity index (χ0n) is 8.00. The summed E-state index contributed by atoms with van der Waals surface area (Å²) in [5.74, 6) is -1.31. The molecule has 3 N–H and O–H groups in total. The van der Waals surface area contributed by atoms with Crippen molar-refractivity contribution in [1.82, 2.24) is 0 Å².